The number of pyridine rings is 1. The zero-order valence-corrected chi connectivity index (χ0v) is 6.67. The highest BCUT2D eigenvalue weighted by molar-refractivity contribution is 6.29. The third-order valence-corrected chi connectivity index (χ3v) is 1.68. The first-order valence-electron chi connectivity index (χ1n) is 3.27. The molecule has 0 fully saturated rings. The lowest BCUT2D eigenvalue weighted by atomic mass is 10.3. The maximum atomic E-state index is 11.1. The van der Waals surface area contributed by atoms with Gasteiger partial charge < -0.3 is 4.98 Å². The first kappa shape index (κ1) is 7.24. The fraction of sp³-hybridized carbons (Fsp3) is 0. The van der Waals surface area contributed by atoms with E-state index >= 15 is 0 Å². The number of hydrogen-bond donors (Lipinski definition) is 1. The Morgan fingerprint density at radius 1 is 1.42 bits per heavy atom. The van der Waals surface area contributed by atoms with Gasteiger partial charge >= 0.3 is 0 Å². The van der Waals surface area contributed by atoms with Gasteiger partial charge in [0.25, 0.3) is 5.56 Å². The van der Waals surface area contributed by atoms with Crippen LogP contribution in [-0.4, -0.2) is 15.0 Å². The van der Waals surface area contributed by atoms with Gasteiger partial charge in [-0.1, -0.05) is 11.6 Å². The molecule has 2 aromatic heterocycles. The molecule has 4 nitrogen and oxygen atoms in total. The molecule has 0 atom stereocenters. The third-order valence-electron chi connectivity index (χ3n) is 1.47. The van der Waals surface area contributed by atoms with Crippen LogP contribution in [0.4, 0.5) is 0 Å². The monoisotopic (exact) mass is 181 g/mol. The molecule has 5 heteroatoms. The Morgan fingerprint density at radius 2 is 2.25 bits per heavy atom. The highest BCUT2D eigenvalue weighted by Crippen LogP contribution is 2.08. The van der Waals surface area contributed by atoms with Crippen molar-refractivity contribution in [1.82, 2.24) is 15.0 Å². The average molecular weight is 182 g/mol. The summed E-state index contributed by atoms with van der Waals surface area (Å²) in [4.78, 5) is 21.3. The van der Waals surface area contributed by atoms with Crippen molar-refractivity contribution < 1.29 is 0 Å². The van der Waals surface area contributed by atoms with Crippen LogP contribution in [0.25, 0.3) is 11.0 Å². The number of aromatic nitrogens is 3. The molecule has 0 unspecified atom stereocenters. The summed E-state index contributed by atoms with van der Waals surface area (Å²) in [5.41, 5.74) is 0.162. The summed E-state index contributed by atoms with van der Waals surface area (Å²) in [6, 6.07) is 3.15. The van der Waals surface area contributed by atoms with E-state index in [1.165, 1.54) is 6.33 Å². The van der Waals surface area contributed by atoms with Crippen LogP contribution in [0.5, 0.6) is 0 Å². The highest BCUT2D eigenvalue weighted by Gasteiger charge is 1.99. The van der Waals surface area contributed by atoms with Crippen LogP contribution in [0, 0.1) is 0 Å². The lowest BCUT2D eigenvalue weighted by molar-refractivity contribution is 1.14. The van der Waals surface area contributed by atoms with Gasteiger partial charge in [-0.2, -0.15) is 0 Å². The molecule has 2 aromatic rings. The highest BCUT2D eigenvalue weighted by atomic mass is 35.5. The van der Waals surface area contributed by atoms with Crippen LogP contribution in [0.2, 0.25) is 5.15 Å². The minimum atomic E-state index is -0.204. The molecule has 0 saturated carbocycles. The topological polar surface area (TPSA) is 58.6 Å². The second-order valence-corrected chi connectivity index (χ2v) is 2.62. The molecule has 60 valence electrons. The van der Waals surface area contributed by atoms with Crippen molar-refractivity contribution >= 4 is 22.6 Å². The van der Waals surface area contributed by atoms with Crippen LogP contribution in [0.1, 0.15) is 0 Å². The molecule has 0 spiro atoms. The second kappa shape index (κ2) is 2.57. The Morgan fingerprint density at radius 3 is 3.08 bits per heavy atom. The van der Waals surface area contributed by atoms with E-state index in [4.69, 9.17) is 11.6 Å². The quantitative estimate of drug-likeness (QED) is 0.617. The summed E-state index contributed by atoms with van der Waals surface area (Å²) in [6.07, 6.45) is 1.30. The first-order chi connectivity index (χ1) is 5.77. The minimum absolute atomic E-state index is 0.204. The number of aromatic amines is 1. The lowest BCUT2D eigenvalue weighted by Crippen LogP contribution is -2.06. The third kappa shape index (κ3) is 1.06. The van der Waals surface area contributed by atoms with Crippen molar-refractivity contribution in [2.45, 2.75) is 0 Å². The van der Waals surface area contributed by atoms with E-state index < -0.39 is 0 Å². The fourth-order valence-electron chi connectivity index (χ4n) is 0.931. The molecule has 0 aliphatic carbocycles. The van der Waals surface area contributed by atoms with Gasteiger partial charge in [0.1, 0.15) is 5.15 Å². The molecule has 0 aromatic carbocycles. The van der Waals surface area contributed by atoms with E-state index in [1.807, 2.05) is 0 Å². The number of H-pyrrole nitrogens is 1. The van der Waals surface area contributed by atoms with Crippen molar-refractivity contribution in [1.29, 1.82) is 0 Å². The number of rotatable bonds is 0. The standard InChI is InChI=1S/C7H4ClN3O/c8-5-2-1-4-6(11-5)9-3-10-7(4)12/h1-3H,(H,9,10,11,12). The van der Waals surface area contributed by atoms with Crippen LogP contribution in [0.15, 0.2) is 23.3 Å². The van der Waals surface area contributed by atoms with E-state index in [-0.39, 0.29) is 5.56 Å². The molecule has 2 heterocycles. The van der Waals surface area contributed by atoms with Crippen LogP contribution < -0.4 is 5.56 Å². The maximum Gasteiger partial charge on any atom is 0.260 e. The second-order valence-electron chi connectivity index (χ2n) is 2.24. The summed E-state index contributed by atoms with van der Waals surface area (Å²) in [5.74, 6) is 0. The van der Waals surface area contributed by atoms with Crippen LogP contribution in [-0.2, 0) is 0 Å². The smallest absolute Gasteiger partial charge is 0.260 e. The summed E-state index contributed by atoms with van der Waals surface area (Å²) < 4.78 is 0. The number of nitrogens with one attached hydrogen (secondary N) is 1. The molecule has 0 amide bonds. The minimum Gasteiger partial charge on any atom is -0.313 e. The predicted octanol–water partition coefficient (Wildman–Crippen LogP) is 0.972. The lowest BCUT2D eigenvalue weighted by Gasteiger charge is -1.93. The number of nitrogens with zero attached hydrogens (tertiary/aromatic N) is 2. The van der Waals surface area contributed by atoms with Crippen LogP contribution in [0.3, 0.4) is 0 Å². The van der Waals surface area contributed by atoms with Gasteiger partial charge in [-0.25, -0.2) is 9.97 Å². The molecule has 12 heavy (non-hydrogen) atoms. The summed E-state index contributed by atoms with van der Waals surface area (Å²) in [5, 5.41) is 0.780. The van der Waals surface area contributed by atoms with Gasteiger partial charge in [-0.3, -0.25) is 4.79 Å². The number of hydrogen-bond acceptors (Lipinski definition) is 3. The van der Waals surface area contributed by atoms with Gasteiger partial charge in [-0.15, -0.1) is 0 Å². The van der Waals surface area contributed by atoms with Gasteiger partial charge in [0.15, 0.2) is 5.65 Å². The van der Waals surface area contributed by atoms with Gasteiger partial charge in [0.05, 0.1) is 11.7 Å². The van der Waals surface area contributed by atoms with E-state index in [0.717, 1.165) is 0 Å². The fourth-order valence-corrected chi connectivity index (χ4v) is 1.07. The Balaban J connectivity index is 2.96. The normalized spacial score (nSPS) is 10.4. The molecule has 2 rings (SSSR count). The Kier molecular flexibility index (Phi) is 1.55. The molecule has 0 aliphatic rings. The molecule has 0 aliphatic heterocycles. The number of halogens is 1. The average Bonchev–Trinajstić information content (AvgIpc) is 2.04. The zero-order valence-electron chi connectivity index (χ0n) is 5.91. The van der Waals surface area contributed by atoms with E-state index in [9.17, 15) is 4.79 Å². The van der Waals surface area contributed by atoms with E-state index in [0.29, 0.717) is 16.2 Å². The maximum absolute atomic E-state index is 11.1. The molecule has 0 radical (unpaired) electrons. The van der Waals surface area contributed by atoms with Crippen molar-refractivity contribution in [3.63, 3.8) is 0 Å². The van der Waals surface area contributed by atoms with Crippen molar-refractivity contribution in [3.05, 3.63) is 34.0 Å². The molecule has 0 bridgehead atoms. The van der Waals surface area contributed by atoms with Gasteiger partial charge in [0.2, 0.25) is 0 Å². The Hall–Kier alpha value is -1.42. The molecular weight excluding hydrogens is 178 g/mol. The van der Waals surface area contributed by atoms with Crippen molar-refractivity contribution in [3.8, 4) is 0 Å². The number of fused-ring (bicyclic) bond motifs is 1. The SMILES string of the molecule is O=c1[nH]cnc2nc(Cl)ccc12. The predicted molar refractivity (Wildman–Crippen MR) is 45.2 cm³/mol. The van der Waals surface area contributed by atoms with Gasteiger partial charge in [0, 0.05) is 0 Å². The Bertz CT molecular complexity index is 479. The van der Waals surface area contributed by atoms with E-state index in [1.54, 1.807) is 12.1 Å². The largest absolute Gasteiger partial charge is 0.313 e. The molecular formula is C7H4ClN3O. The van der Waals surface area contributed by atoms with Crippen molar-refractivity contribution in [2.24, 2.45) is 0 Å². The molecule has 0 saturated heterocycles. The van der Waals surface area contributed by atoms with Gasteiger partial charge in [-0.05, 0) is 12.1 Å². The first-order valence-corrected chi connectivity index (χ1v) is 3.65. The summed E-state index contributed by atoms with van der Waals surface area (Å²) in [6.45, 7) is 0. The van der Waals surface area contributed by atoms with Crippen molar-refractivity contribution in [2.75, 3.05) is 0 Å². The Labute approximate surface area is 72.2 Å². The van der Waals surface area contributed by atoms with E-state index in [2.05, 4.69) is 15.0 Å². The summed E-state index contributed by atoms with van der Waals surface area (Å²) in [7, 11) is 0. The summed E-state index contributed by atoms with van der Waals surface area (Å²) >= 11 is 5.61. The zero-order chi connectivity index (χ0) is 8.55. The molecule has 1 N–H and O–H groups in total. The van der Waals surface area contributed by atoms with Crippen LogP contribution >= 0.6 is 11.6 Å².